The highest BCUT2D eigenvalue weighted by molar-refractivity contribution is 5.65. The predicted octanol–water partition coefficient (Wildman–Crippen LogP) is 2.42. The molecule has 2 rings (SSSR count). The molecule has 0 aliphatic carbocycles. The van der Waals surface area contributed by atoms with Gasteiger partial charge in [-0.25, -0.2) is 7.86 Å². The summed E-state index contributed by atoms with van der Waals surface area (Å²) in [5, 5.41) is 0. The first-order valence-electron chi connectivity index (χ1n) is 8.58. The Morgan fingerprint density at radius 1 is 0.720 bits per heavy atom. The van der Waals surface area contributed by atoms with E-state index in [1.54, 1.807) is 0 Å². The molecule has 0 saturated carbocycles. The largest absolute Gasteiger partial charge is 0.358 e. The fourth-order valence-electron chi connectivity index (χ4n) is 2.45. The second kappa shape index (κ2) is 7.48. The molecule has 0 N–H and O–H groups in total. The van der Waals surface area contributed by atoms with E-state index < -0.39 is 20.2 Å². The molecule has 2 aromatic carbocycles. The molecule has 0 aromatic heterocycles. The molecule has 25 heavy (non-hydrogen) atoms. The molecule has 3 heteroatoms. The molecule has 0 bridgehead atoms. The van der Waals surface area contributed by atoms with Crippen molar-refractivity contribution in [3.8, 4) is 0 Å². The van der Waals surface area contributed by atoms with Crippen molar-refractivity contribution in [3.63, 3.8) is 0 Å². The third-order valence-electron chi connectivity index (χ3n) is 4.00. The Balaban J connectivity index is 2.38. The van der Waals surface area contributed by atoms with Gasteiger partial charge in [0.15, 0.2) is 7.14 Å². The highest BCUT2D eigenvalue weighted by Gasteiger charge is 2.33. The van der Waals surface area contributed by atoms with Crippen molar-refractivity contribution in [2.45, 2.75) is 59.3 Å². The van der Waals surface area contributed by atoms with Gasteiger partial charge in [0.05, 0.1) is 0 Å². The number of carbonyl (C=O) groups is 1. The number of carbonyl (C=O) groups excluding carboxylic acids is 1. The van der Waals surface area contributed by atoms with E-state index in [-0.39, 0.29) is 16.8 Å². The van der Waals surface area contributed by atoms with Crippen molar-refractivity contribution < 1.29 is 28.1 Å². The summed E-state index contributed by atoms with van der Waals surface area (Å²) in [5.41, 5.74) is 2.82. The normalized spacial score (nSPS) is 12.3. The second-order valence-corrected chi connectivity index (χ2v) is 12.7. The topological polar surface area (TPSA) is 26.3 Å². The van der Waals surface area contributed by atoms with Crippen LogP contribution in [0.15, 0.2) is 48.5 Å². The zero-order valence-electron chi connectivity index (χ0n) is 16.3. The first-order chi connectivity index (χ1) is 11.5. The number of hydrogen-bond acceptors (Lipinski definition) is 2. The molecule has 0 amide bonds. The Bertz CT molecular complexity index is 659. The Labute approximate surface area is 159 Å². The smallest absolute Gasteiger partial charge is 0.247 e. The zero-order valence-corrected chi connectivity index (χ0v) is 18.5. The summed E-state index contributed by atoms with van der Waals surface area (Å²) in [6.45, 7) is 14.7. The number of hydrogen-bond donors (Lipinski definition) is 0. The van der Waals surface area contributed by atoms with E-state index in [1.165, 1.54) is 18.1 Å². The van der Waals surface area contributed by atoms with Crippen LogP contribution >= 0.6 is 0 Å². The molecule has 0 spiro atoms. The van der Waals surface area contributed by atoms with Gasteiger partial charge in [0.25, 0.3) is 0 Å². The Morgan fingerprint density at radius 3 is 1.28 bits per heavy atom. The van der Waals surface area contributed by atoms with Gasteiger partial charge in [-0.2, -0.15) is 0 Å². The Kier molecular flexibility index (Phi) is 5.97. The van der Waals surface area contributed by atoms with Gasteiger partial charge in [-0.3, -0.25) is 0 Å². The van der Waals surface area contributed by atoms with Crippen molar-refractivity contribution in [1.82, 2.24) is 0 Å². The van der Waals surface area contributed by atoms with Crippen LogP contribution in [0.25, 0.3) is 0 Å². The minimum Gasteiger partial charge on any atom is -0.247 e. The third-order valence-corrected chi connectivity index (χ3v) is 8.76. The van der Waals surface area contributed by atoms with Crippen LogP contribution in [-0.4, -0.2) is 5.97 Å². The molecule has 135 valence electrons. The van der Waals surface area contributed by atoms with E-state index in [0.29, 0.717) is 0 Å². The molecule has 0 heterocycles. The van der Waals surface area contributed by atoms with E-state index in [9.17, 15) is 4.79 Å². The van der Waals surface area contributed by atoms with Crippen LogP contribution in [0.1, 0.15) is 59.6 Å². The summed E-state index contributed by atoms with van der Waals surface area (Å²) in [4.78, 5) is 11.7. The molecule has 0 fully saturated rings. The first kappa shape index (κ1) is 20.0. The average Bonchev–Trinajstić information content (AvgIpc) is 2.51. The highest BCUT2D eigenvalue weighted by Crippen LogP contribution is 2.22. The third kappa shape index (κ3) is 5.30. The van der Waals surface area contributed by atoms with E-state index in [0.717, 1.165) is 7.14 Å². The number of halogens is 1. The summed E-state index contributed by atoms with van der Waals surface area (Å²) in [7, 11) is 0. The molecule has 2 nitrogen and oxygen atoms in total. The monoisotopic (exact) mass is 452 g/mol. The SMILES string of the molecule is CC(=O)O[I+](c1ccc(C(C)(C)C)cc1)c1ccc(C(C)(C)C)cc1. The summed E-state index contributed by atoms with van der Waals surface area (Å²) < 4.78 is 8.09. The minimum atomic E-state index is -2.22. The van der Waals surface area contributed by atoms with Crippen LogP contribution in [-0.2, 0) is 18.7 Å². The van der Waals surface area contributed by atoms with Gasteiger partial charge in [-0.05, 0) is 46.2 Å². The standard InChI is InChI=1S/C22H29IO2/c1-16(24)25-23(19-12-8-17(9-13-19)21(2,3)4)20-14-10-18(11-15-20)22(5,6)7/h8-15H,1-7H3/q+1. The van der Waals surface area contributed by atoms with Gasteiger partial charge in [0, 0.05) is 6.92 Å². The van der Waals surface area contributed by atoms with Crippen LogP contribution in [0.4, 0.5) is 0 Å². The van der Waals surface area contributed by atoms with Gasteiger partial charge in [-0.1, -0.05) is 65.8 Å². The van der Waals surface area contributed by atoms with Gasteiger partial charge in [-0.15, -0.1) is 0 Å². The van der Waals surface area contributed by atoms with Crippen molar-refractivity contribution in [1.29, 1.82) is 0 Å². The number of benzene rings is 2. The lowest BCUT2D eigenvalue weighted by Gasteiger charge is -2.19. The van der Waals surface area contributed by atoms with Crippen LogP contribution in [0.2, 0.25) is 0 Å². The predicted molar refractivity (Wildman–Crippen MR) is 99.4 cm³/mol. The van der Waals surface area contributed by atoms with E-state index in [2.05, 4.69) is 90.1 Å². The lowest BCUT2D eigenvalue weighted by molar-refractivity contribution is -1.04. The molecule has 0 aliphatic rings. The minimum absolute atomic E-state index is 0.118. The van der Waals surface area contributed by atoms with Crippen molar-refractivity contribution in [2.24, 2.45) is 0 Å². The van der Waals surface area contributed by atoms with Crippen LogP contribution in [0.3, 0.4) is 0 Å². The molecule has 0 aliphatic heterocycles. The maximum Gasteiger partial charge on any atom is 0.358 e. The molecule has 0 atom stereocenters. The van der Waals surface area contributed by atoms with Gasteiger partial charge in [0.2, 0.25) is 0 Å². The average molecular weight is 452 g/mol. The summed E-state index contributed by atoms with van der Waals surface area (Å²) in [6.07, 6.45) is 0. The van der Waals surface area contributed by atoms with E-state index in [1.807, 2.05) is 0 Å². The quantitative estimate of drug-likeness (QED) is 0.669. The van der Waals surface area contributed by atoms with Crippen LogP contribution < -0.4 is 20.2 Å². The lowest BCUT2D eigenvalue weighted by atomic mass is 9.87. The summed E-state index contributed by atoms with van der Waals surface area (Å²) >= 11 is -2.22. The van der Waals surface area contributed by atoms with Crippen LogP contribution in [0.5, 0.6) is 0 Å². The summed E-state index contributed by atoms with van der Waals surface area (Å²) in [6, 6.07) is 17.2. The number of rotatable bonds is 3. The Hall–Kier alpha value is -1.36. The fourth-order valence-corrected chi connectivity index (χ4v) is 6.33. The van der Waals surface area contributed by atoms with Crippen molar-refractivity contribution in [2.75, 3.05) is 0 Å². The maximum absolute atomic E-state index is 11.7. The summed E-state index contributed by atoms with van der Waals surface area (Å²) in [5.74, 6) is -0.204. The molecule has 1 radical (unpaired) electrons. The van der Waals surface area contributed by atoms with Crippen molar-refractivity contribution in [3.05, 3.63) is 66.8 Å². The van der Waals surface area contributed by atoms with E-state index in [4.69, 9.17) is 3.07 Å². The van der Waals surface area contributed by atoms with E-state index >= 15 is 0 Å². The molecule has 2 aromatic rings. The zero-order chi connectivity index (χ0) is 18.8. The molecule has 0 unspecified atom stereocenters. The van der Waals surface area contributed by atoms with Crippen LogP contribution in [0, 0.1) is 7.14 Å². The van der Waals surface area contributed by atoms with Gasteiger partial charge in [0.1, 0.15) is 0 Å². The fraction of sp³-hybridized carbons (Fsp3) is 0.409. The molecular weight excluding hydrogens is 423 g/mol. The Morgan fingerprint density at radius 2 is 1.04 bits per heavy atom. The van der Waals surface area contributed by atoms with Crippen molar-refractivity contribution >= 4 is 5.97 Å². The lowest BCUT2D eigenvalue weighted by Crippen LogP contribution is -3.85. The first-order valence-corrected chi connectivity index (χ1v) is 11.6. The molecule has 0 saturated heterocycles. The molecular formula is C22H29IO2+. The highest BCUT2D eigenvalue weighted by atomic mass is 127. The van der Waals surface area contributed by atoms with Gasteiger partial charge >= 0.3 is 26.2 Å². The second-order valence-electron chi connectivity index (χ2n) is 8.33. The maximum atomic E-state index is 11.7. The van der Waals surface area contributed by atoms with Gasteiger partial charge < -0.3 is 0 Å².